The smallest absolute Gasteiger partial charge is 0.0281 e. The summed E-state index contributed by atoms with van der Waals surface area (Å²) in [5.41, 5.74) is 11.7. The van der Waals surface area contributed by atoms with Crippen LogP contribution in [0.5, 0.6) is 0 Å². The molecular weight excluding hydrogens is 408 g/mol. The first-order chi connectivity index (χ1) is 16.5. The summed E-state index contributed by atoms with van der Waals surface area (Å²) < 4.78 is 0. The molecule has 0 aromatic heterocycles. The molecule has 1 unspecified atom stereocenters. The molecule has 0 radical (unpaired) electrons. The van der Waals surface area contributed by atoms with Gasteiger partial charge in [-0.3, -0.25) is 0 Å². The Labute approximate surface area is 207 Å². The SMILES string of the molecule is CCc1ccc(C2=CC=C(Cc3ccc(C4CCC(C(C)C)CC4)c(C)c3)C3=CC=CC32)cc1. The standard InChI is InChI=1S/C34H40/c1-5-25-9-12-29(13-10-25)33-20-18-30(32-7-6-8-34(32)33)22-26-11-19-31(24(4)21-26)28-16-14-27(15-17-28)23(2)3/h6-13,18-21,23,27-28,34H,5,14-17,22H2,1-4H3. The van der Waals surface area contributed by atoms with Gasteiger partial charge in [0.15, 0.2) is 0 Å². The summed E-state index contributed by atoms with van der Waals surface area (Å²) in [4.78, 5) is 0. The molecule has 0 aliphatic heterocycles. The molecule has 0 heteroatoms. The predicted octanol–water partition coefficient (Wildman–Crippen LogP) is 9.17. The zero-order chi connectivity index (χ0) is 23.7. The van der Waals surface area contributed by atoms with Crippen LogP contribution in [0.25, 0.3) is 5.57 Å². The molecule has 1 saturated carbocycles. The molecule has 5 rings (SSSR count). The van der Waals surface area contributed by atoms with Crippen LogP contribution in [0.2, 0.25) is 0 Å². The van der Waals surface area contributed by atoms with E-state index >= 15 is 0 Å². The number of rotatable bonds is 6. The largest absolute Gasteiger partial charge is 0.0726 e. The van der Waals surface area contributed by atoms with E-state index < -0.39 is 0 Å². The zero-order valence-electron chi connectivity index (χ0n) is 21.5. The van der Waals surface area contributed by atoms with E-state index in [1.165, 1.54) is 64.7 Å². The van der Waals surface area contributed by atoms with E-state index in [0.717, 1.165) is 30.6 Å². The lowest BCUT2D eigenvalue weighted by Gasteiger charge is -2.32. The maximum Gasteiger partial charge on any atom is 0.0281 e. The highest BCUT2D eigenvalue weighted by Crippen LogP contribution is 2.42. The lowest BCUT2D eigenvalue weighted by Crippen LogP contribution is -2.18. The monoisotopic (exact) mass is 448 g/mol. The van der Waals surface area contributed by atoms with Crippen molar-refractivity contribution in [3.05, 3.63) is 112 Å². The van der Waals surface area contributed by atoms with Crippen LogP contribution in [0.3, 0.4) is 0 Å². The molecule has 0 amide bonds. The van der Waals surface area contributed by atoms with Gasteiger partial charge < -0.3 is 0 Å². The molecule has 1 fully saturated rings. The van der Waals surface area contributed by atoms with E-state index in [0.29, 0.717) is 5.92 Å². The predicted molar refractivity (Wildman–Crippen MR) is 147 cm³/mol. The van der Waals surface area contributed by atoms with Crippen molar-refractivity contribution in [2.24, 2.45) is 17.8 Å². The van der Waals surface area contributed by atoms with Crippen molar-refractivity contribution in [1.82, 2.24) is 0 Å². The lowest BCUT2D eigenvalue weighted by molar-refractivity contribution is 0.258. The number of allylic oxidation sites excluding steroid dienone is 8. The first-order valence-electron chi connectivity index (χ1n) is 13.5. The molecule has 0 nitrogen and oxygen atoms in total. The lowest BCUT2D eigenvalue weighted by atomic mass is 9.74. The fourth-order valence-corrected chi connectivity index (χ4v) is 6.44. The summed E-state index contributed by atoms with van der Waals surface area (Å²) in [5.74, 6) is 2.91. The third-order valence-corrected chi connectivity index (χ3v) is 8.66. The minimum Gasteiger partial charge on any atom is -0.0726 e. The van der Waals surface area contributed by atoms with Crippen LogP contribution in [0.15, 0.2) is 84.0 Å². The molecule has 2 aromatic rings. The van der Waals surface area contributed by atoms with E-state index in [2.05, 4.69) is 101 Å². The van der Waals surface area contributed by atoms with Crippen molar-refractivity contribution < 1.29 is 0 Å². The first-order valence-corrected chi connectivity index (χ1v) is 13.5. The van der Waals surface area contributed by atoms with Crippen LogP contribution in [-0.4, -0.2) is 0 Å². The molecule has 34 heavy (non-hydrogen) atoms. The minimum atomic E-state index is 0.393. The van der Waals surface area contributed by atoms with E-state index in [1.54, 1.807) is 5.56 Å². The Balaban J connectivity index is 1.33. The van der Waals surface area contributed by atoms with Gasteiger partial charge in [-0.25, -0.2) is 0 Å². The molecular formula is C34H40. The summed E-state index contributed by atoms with van der Waals surface area (Å²) in [6.07, 6.45) is 19.3. The molecule has 0 heterocycles. The molecule has 0 N–H and O–H groups in total. The summed E-state index contributed by atoms with van der Waals surface area (Å²) in [6, 6.07) is 16.5. The first kappa shape index (κ1) is 23.2. The summed E-state index contributed by atoms with van der Waals surface area (Å²) in [7, 11) is 0. The van der Waals surface area contributed by atoms with E-state index in [4.69, 9.17) is 0 Å². The molecule has 0 spiro atoms. The Morgan fingerprint density at radius 2 is 1.56 bits per heavy atom. The topological polar surface area (TPSA) is 0 Å². The zero-order valence-corrected chi connectivity index (χ0v) is 21.5. The third kappa shape index (κ3) is 4.65. The Hall–Kier alpha value is -2.60. The maximum atomic E-state index is 2.46. The molecule has 176 valence electrons. The summed E-state index contributed by atoms with van der Waals surface area (Å²) >= 11 is 0. The Morgan fingerprint density at radius 3 is 2.24 bits per heavy atom. The summed E-state index contributed by atoms with van der Waals surface area (Å²) in [5, 5.41) is 0. The fourth-order valence-electron chi connectivity index (χ4n) is 6.44. The average molecular weight is 449 g/mol. The van der Waals surface area contributed by atoms with E-state index in [9.17, 15) is 0 Å². The Kier molecular flexibility index (Phi) is 6.77. The van der Waals surface area contributed by atoms with Crippen molar-refractivity contribution in [2.45, 2.75) is 72.1 Å². The Bertz CT molecular complexity index is 1140. The van der Waals surface area contributed by atoms with Gasteiger partial charge in [-0.2, -0.15) is 0 Å². The highest BCUT2D eigenvalue weighted by Gasteiger charge is 2.27. The van der Waals surface area contributed by atoms with Crippen molar-refractivity contribution >= 4 is 5.57 Å². The fraction of sp³-hybridized carbons (Fsp3) is 0.412. The normalized spacial score (nSPS) is 24.0. The maximum absolute atomic E-state index is 2.46. The van der Waals surface area contributed by atoms with Gasteiger partial charge in [-0.15, -0.1) is 0 Å². The van der Waals surface area contributed by atoms with Gasteiger partial charge in [-0.1, -0.05) is 93.6 Å². The summed E-state index contributed by atoms with van der Waals surface area (Å²) in [6.45, 7) is 9.34. The van der Waals surface area contributed by atoms with Crippen LogP contribution in [0.1, 0.15) is 80.2 Å². The van der Waals surface area contributed by atoms with Gasteiger partial charge >= 0.3 is 0 Å². The van der Waals surface area contributed by atoms with Gasteiger partial charge in [0.2, 0.25) is 0 Å². The average Bonchev–Trinajstić information content (AvgIpc) is 3.35. The molecule has 0 saturated heterocycles. The van der Waals surface area contributed by atoms with Crippen LogP contribution in [0.4, 0.5) is 0 Å². The second kappa shape index (κ2) is 9.95. The van der Waals surface area contributed by atoms with Crippen molar-refractivity contribution in [2.75, 3.05) is 0 Å². The quantitative estimate of drug-likeness (QED) is 0.413. The second-order valence-corrected chi connectivity index (χ2v) is 11.1. The van der Waals surface area contributed by atoms with E-state index in [1.807, 2.05) is 0 Å². The van der Waals surface area contributed by atoms with Crippen molar-refractivity contribution in [3.63, 3.8) is 0 Å². The van der Waals surface area contributed by atoms with Crippen LogP contribution < -0.4 is 0 Å². The number of benzene rings is 2. The Morgan fingerprint density at radius 1 is 0.824 bits per heavy atom. The van der Waals surface area contributed by atoms with Crippen LogP contribution in [-0.2, 0) is 12.8 Å². The van der Waals surface area contributed by atoms with Crippen molar-refractivity contribution in [1.29, 1.82) is 0 Å². The molecule has 3 aliphatic rings. The molecule has 0 bridgehead atoms. The second-order valence-electron chi connectivity index (χ2n) is 11.1. The highest BCUT2D eigenvalue weighted by molar-refractivity contribution is 5.78. The molecule has 2 aromatic carbocycles. The molecule has 1 atom stereocenters. The van der Waals surface area contributed by atoms with Gasteiger partial charge in [0, 0.05) is 5.92 Å². The van der Waals surface area contributed by atoms with E-state index in [-0.39, 0.29) is 0 Å². The number of aryl methyl sites for hydroxylation is 2. The number of hydrogen-bond acceptors (Lipinski definition) is 0. The highest BCUT2D eigenvalue weighted by atomic mass is 14.3. The van der Waals surface area contributed by atoms with Gasteiger partial charge in [-0.05, 0) is 108 Å². The number of fused-ring (bicyclic) bond motifs is 1. The molecule has 3 aliphatic carbocycles. The van der Waals surface area contributed by atoms with Gasteiger partial charge in [0.05, 0.1) is 0 Å². The van der Waals surface area contributed by atoms with Crippen LogP contribution >= 0.6 is 0 Å². The third-order valence-electron chi connectivity index (χ3n) is 8.66. The van der Waals surface area contributed by atoms with Gasteiger partial charge in [0.25, 0.3) is 0 Å². The van der Waals surface area contributed by atoms with Crippen LogP contribution in [0, 0.1) is 24.7 Å². The van der Waals surface area contributed by atoms with Gasteiger partial charge in [0.1, 0.15) is 0 Å². The van der Waals surface area contributed by atoms with Crippen molar-refractivity contribution in [3.8, 4) is 0 Å². The number of hydrogen-bond donors (Lipinski definition) is 0. The minimum absolute atomic E-state index is 0.393.